The summed E-state index contributed by atoms with van der Waals surface area (Å²) in [6, 6.07) is 4.35. The SMILES string of the molecule is CCN1C[C@@]2(C[C@@H]2CO)n2cc(C(=O)NCc3cccc(Cl)c3F)c(=O)c(O)c2C1=O.Cl. The first kappa shape index (κ1) is 24.0. The third-order valence-corrected chi connectivity index (χ3v) is 6.43. The molecular weight excluding hydrogens is 464 g/mol. The number of carbonyl (C=O) groups excluding carboxylic acids is 2. The number of rotatable bonds is 5. The minimum atomic E-state index is -0.988. The lowest BCUT2D eigenvalue weighted by Crippen LogP contribution is -2.49. The van der Waals surface area contributed by atoms with Crippen LogP contribution in [0.5, 0.6) is 5.75 Å². The Morgan fingerprint density at radius 2 is 2.09 bits per heavy atom. The largest absolute Gasteiger partial charge is 0.503 e. The van der Waals surface area contributed by atoms with E-state index in [1.54, 1.807) is 6.92 Å². The average molecular weight is 486 g/mol. The van der Waals surface area contributed by atoms with Crippen molar-refractivity contribution in [1.82, 2.24) is 14.8 Å². The molecule has 0 unspecified atom stereocenters. The Kier molecular flexibility index (Phi) is 6.55. The van der Waals surface area contributed by atoms with Gasteiger partial charge in [-0.15, -0.1) is 12.4 Å². The van der Waals surface area contributed by atoms with Crippen molar-refractivity contribution in [2.45, 2.75) is 25.4 Å². The first-order valence-corrected chi connectivity index (χ1v) is 10.2. The number of carbonyl (C=O) groups is 2. The van der Waals surface area contributed by atoms with Crippen LogP contribution in [0.2, 0.25) is 5.02 Å². The normalized spacial score (nSPS) is 21.2. The molecular formula is C21H22Cl2FN3O5. The van der Waals surface area contributed by atoms with Gasteiger partial charge in [-0.25, -0.2) is 4.39 Å². The quantitative estimate of drug-likeness (QED) is 0.598. The lowest BCUT2D eigenvalue weighted by Gasteiger charge is -2.37. The number of aromatic hydroxyl groups is 1. The first-order chi connectivity index (χ1) is 14.7. The predicted octanol–water partition coefficient (Wildman–Crippen LogP) is 1.88. The van der Waals surface area contributed by atoms with E-state index in [4.69, 9.17) is 11.6 Å². The molecule has 1 aromatic heterocycles. The number of fused-ring (bicyclic) bond motifs is 2. The molecule has 1 fully saturated rings. The van der Waals surface area contributed by atoms with Gasteiger partial charge < -0.3 is 25.0 Å². The fourth-order valence-electron chi connectivity index (χ4n) is 4.25. The summed E-state index contributed by atoms with van der Waals surface area (Å²) >= 11 is 5.74. The zero-order chi connectivity index (χ0) is 22.5. The van der Waals surface area contributed by atoms with E-state index in [0.29, 0.717) is 19.5 Å². The Labute approximate surface area is 194 Å². The zero-order valence-corrected chi connectivity index (χ0v) is 18.7. The van der Waals surface area contributed by atoms with Crippen molar-refractivity contribution < 1.29 is 24.2 Å². The number of amides is 2. The van der Waals surface area contributed by atoms with E-state index in [1.807, 2.05) is 0 Å². The van der Waals surface area contributed by atoms with E-state index >= 15 is 0 Å². The zero-order valence-electron chi connectivity index (χ0n) is 17.1. The summed E-state index contributed by atoms with van der Waals surface area (Å²) in [4.78, 5) is 39.7. The van der Waals surface area contributed by atoms with E-state index < -0.39 is 34.3 Å². The summed E-state index contributed by atoms with van der Waals surface area (Å²) in [5.74, 6) is -3.00. The van der Waals surface area contributed by atoms with E-state index in [9.17, 15) is 29.0 Å². The van der Waals surface area contributed by atoms with E-state index in [-0.39, 0.29) is 53.3 Å². The molecule has 2 aliphatic rings. The Balaban J connectivity index is 0.00000289. The highest BCUT2D eigenvalue weighted by molar-refractivity contribution is 6.30. The number of aliphatic hydroxyl groups is 1. The molecule has 2 heterocycles. The number of likely N-dealkylation sites (N-methyl/N-ethyl adjacent to an activating group) is 1. The maximum atomic E-state index is 14.1. The van der Waals surface area contributed by atoms with Gasteiger partial charge in [0.05, 0.1) is 10.6 Å². The van der Waals surface area contributed by atoms with Gasteiger partial charge in [0.2, 0.25) is 5.43 Å². The van der Waals surface area contributed by atoms with Gasteiger partial charge >= 0.3 is 0 Å². The van der Waals surface area contributed by atoms with Crippen LogP contribution in [0.4, 0.5) is 4.39 Å². The monoisotopic (exact) mass is 485 g/mol. The molecule has 1 aromatic carbocycles. The second kappa shape index (κ2) is 8.73. The molecule has 2 aromatic rings. The number of hydrogen-bond acceptors (Lipinski definition) is 5. The number of pyridine rings is 1. The van der Waals surface area contributed by atoms with Crippen LogP contribution in [-0.4, -0.2) is 51.2 Å². The van der Waals surface area contributed by atoms with Gasteiger partial charge in [-0.05, 0) is 19.4 Å². The number of benzene rings is 1. The van der Waals surface area contributed by atoms with Gasteiger partial charge in [-0.3, -0.25) is 14.4 Å². The summed E-state index contributed by atoms with van der Waals surface area (Å²) < 4.78 is 15.5. The van der Waals surface area contributed by atoms with E-state index in [2.05, 4.69) is 5.32 Å². The third-order valence-electron chi connectivity index (χ3n) is 6.13. The van der Waals surface area contributed by atoms with Crippen molar-refractivity contribution in [3.05, 3.63) is 62.3 Å². The summed E-state index contributed by atoms with van der Waals surface area (Å²) in [5, 5.41) is 22.6. The van der Waals surface area contributed by atoms with Gasteiger partial charge in [0.25, 0.3) is 11.8 Å². The topological polar surface area (TPSA) is 112 Å². The molecule has 3 N–H and O–H groups in total. The molecule has 2 amide bonds. The maximum Gasteiger partial charge on any atom is 0.274 e. The molecule has 0 bridgehead atoms. The molecule has 1 spiro atoms. The summed E-state index contributed by atoms with van der Waals surface area (Å²) in [7, 11) is 0. The van der Waals surface area contributed by atoms with Gasteiger partial charge in [0.15, 0.2) is 11.4 Å². The van der Waals surface area contributed by atoms with Crippen LogP contribution in [0, 0.1) is 11.7 Å². The fourth-order valence-corrected chi connectivity index (χ4v) is 4.44. The molecule has 11 heteroatoms. The van der Waals surface area contributed by atoms with Gasteiger partial charge in [-0.1, -0.05) is 23.7 Å². The molecule has 1 aliphatic heterocycles. The number of halogens is 3. The second-order valence-electron chi connectivity index (χ2n) is 7.84. The molecule has 0 saturated heterocycles. The Morgan fingerprint density at radius 3 is 2.72 bits per heavy atom. The van der Waals surface area contributed by atoms with Gasteiger partial charge in [0.1, 0.15) is 11.4 Å². The van der Waals surface area contributed by atoms with Crippen LogP contribution in [0.1, 0.15) is 39.8 Å². The summed E-state index contributed by atoms with van der Waals surface area (Å²) in [6.45, 7) is 2.11. The maximum absolute atomic E-state index is 14.1. The van der Waals surface area contributed by atoms with Crippen molar-refractivity contribution in [1.29, 1.82) is 0 Å². The molecule has 1 aliphatic carbocycles. The van der Waals surface area contributed by atoms with Crippen LogP contribution < -0.4 is 10.7 Å². The average Bonchev–Trinajstić information content (AvgIpc) is 3.47. The standard InChI is InChI=1S/C21H21ClFN3O5.ClH/c1-2-25-10-21(6-12(21)9-27)26-8-13(17(28)18(29)16(26)20(25)31)19(30)24-7-11-4-3-5-14(22)15(11)23;/h3-5,8,12,27,29H,2,6-7,9-10H2,1H3,(H,24,30);1H/t12-,21-;/m1./s1. The van der Waals surface area contributed by atoms with Crippen molar-refractivity contribution >= 4 is 35.8 Å². The smallest absolute Gasteiger partial charge is 0.274 e. The second-order valence-corrected chi connectivity index (χ2v) is 8.25. The number of nitrogens with one attached hydrogen (secondary N) is 1. The summed E-state index contributed by atoms with van der Waals surface area (Å²) in [6.07, 6.45) is 1.79. The highest BCUT2D eigenvalue weighted by Gasteiger charge is 2.60. The number of aromatic nitrogens is 1. The van der Waals surface area contributed by atoms with Crippen LogP contribution in [0.25, 0.3) is 0 Å². The number of hydrogen-bond donors (Lipinski definition) is 3. The molecule has 172 valence electrons. The molecule has 0 radical (unpaired) electrons. The molecule has 2 atom stereocenters. The summed E-state index contributed by atoms with van der Waals surface area (Å²) in [5.41, 5.74) is -2.10. The molecule has 32 heavy (non-hydrogen) atoms. The van der Waals surface area contributed by atoms with E-state index in [1.165, 1.54) is 33.9 Å². The van der Waals surface area contributed by atoms with Crippen LogP contribution in [0.15, 0.2) is 29.2 Å². The Hall–Kier alpha value is -2.62. The minimum absolute atomic E-state index is 0. The van der Waals surface area contributed by atoms with Crippen molar-refractivity contribution in [3.63, 3.8) is 0 Å². The minimum Gasteiger partial charge on any atom is -0.503 e. The highest BCUT2D eigenvalue weighted by Crippen LogP contribution is 2.53. The van der Waals surface area contributed by atoms with Gasteiger partial charge in [-0.2, -0.15) is 0 Å². The Morgan fingerprint density at radius 1 is 1.38 bits per heavy atom. The Bertz CT molecular complexity index is 1150. The van der Waals surface area contributed by atoms with Crippen molar-refractivity contribution in [2.75, 3.05) is 19.7 Å². The van der Waals surface area contributed by atoms with Crippen LogP contribution >= 0.6 is 24.0 Å². The lowest BCUT2D eigenvalue weighted by atomic mass is 10.0. The van der Waals surface area contributed by atoms with Crippen LogP contribution in [0.3, 0.4) is 0 Å². The number of aliphatic hydroxyl groups excluding tert-OH is 1. The third kappa shape index (κ3) is 3.64. The van der Waals surface area contributed by atoms with Crippen molar-refractivity contribution in [2.24, 2.45) is 5.92 Å². The molecule has 1 saturated carbocycles. The lowest BCUT2D eigenvalue weighted by molar-refractivity contribution is 0.0630. The molecule has 8 nitrogen and oxygen atoms in total. The predicted molar refractivity (Wildman–Crippen MR) is 117 cm³/mol. The van der Waals surface area contributed by atoms with Gasteiger partial charge in [0, 0.05) is 43.9 Å². The highest BCUT2D eigenvalue weighted by atomic mass is 35.5. The first-order valence-electron chi connectivity index (χ1n) is 9.85. The van der Waals surface area contributed by atoms with Crippen molar-refractivity contribution in [3.8, 4) is 5.75 Å². The molecule has 4 rings (SSSR count). The van der Waals surface area contributed by atoms with E-state index in [0.717, 1.165) is 0 Å². The van der Waals surface area contributed by atoms with Crippen LogP contribution in [-0.2, 0) is 12.1 Å². The fraction of sp³-hybridized carbons (Fsp3) is 0.381. The number of nitrogens with zero attached hydrogens (tertiary/aromatic N) is 2.